The highest BCUT2D eigenvalue weighted by Crippen LogP contribution is 2.20. The Morgan fingerprint density at radius 1 is 1.10 bits per heavy atom. The number of nitrogens with one attached hydrogen (secondary N) is 2. The van der Waals surface area contributed by atoms with Gasteiger partial charge in [0.1, 0.15) is 6.33 Å². The van der Waals surface area contributed by atoms with E-state index in [-0.39, 0.29) is 17.3 Å². The third-order valence-electron chi connectivity index (χ3n) is 4.36. The van der Waals surface area contributed by atoms with Crippen LogP contribution in [0.5, 0.6) is 0 Å². The molecule has 0 spiro atoms. The van der Waals surface area contributed by atoms with Crippen molar-refractivity contribution in [2.24, 2.45) is 0 Å². The maximum Gasteiger partial charge on any atom is 0.243 e. The van der Waals surface area contributed by atoms with Gasteiger partial charge in [-0.15, -0.1) is 5.10 Å². The number of sulfonamides is 1. The van der Waals surface area contributed by atoms with E-state index in [1.807, 2.05) is 6.92 Å². The Balaban J connectivity index is 1.70. The van der Waals surface area contributed by atoms with Crippen LogP contribution in [0.15, 0.2) is 53.7 Å². The highest BCUT2D eigenvalue weighted by Gasteiger charge is 2.23. The molecule has 3 aromatic rings. The lowest BCUT2D eigenvalue weighted by molar-refractivity contribution is -0.116. The Hall–Kier alpha value is -3.64. The first-order valence-electron chi connectivity index (χ1n) is 9.14. The number of likely N-dealkylation sites (N-methyl/N-ethyl adjacent to an activating group) is 1. The predicted octanol–water partition coefficient (Wildman–Crippen LogP) is 1.19. The molecular weight excluding hydrogens is 422 g/mol. The lowest BCUT2D eigenvalue weighted by Gasteiger charge is -2.18. The summed E-state index contributed by atoms with van der Waals surface area (Å²) >= 11 is 0. The van der Waals surface area contributed by atoms with Crippen LogP contribution in [0.1, 0.15) is 12.5 Å². The minimum Gasteiger partial charge on any atom is -0.326 e. The van der Waals surface area contributed by atoms with Crippen LogP contribution in [0, 0.1) is 6.92 Å². The van der Waals surface area contributed by atoms with E-state index in [4.69, 9.17) is 0 Å². The third kappa shape index (κ3) is 5.29. The summed E-state index contributed by atoms with van der Waals surface area (Å²) in [7, 11) is -2.58. The Morgan fingerprint density at radius 2 is 1.81 bits per heavy atom. The number of tetrazole rings is 1. The number of rotatable bonds is 7. The number of nitrogens with zero attached hydrogens (tertiary/aromatic N) is 5. The summed E-state index contributed by atoms with van der Waals surface area (Å²) in [6.07, 6.45) is 1.42. The van der Waals surface area contributed by atoms with E-state index in [2.05, 4.69) is 26.2 Å². The third-order valence-corrected chi connectivity index (χ3v) is 6.18. The van der Waals surface area contributed by atoms with Crippen molar-refractivity contribution in [2.75, 3.05) is 24.2 Å². The van der Waals surface area contributed by atoms with Gasteiger partial charge in [-0.3, -0.25) is 9.59 Å². The maximum absolute atomic E-state index is 12.8. The predicted molar refractivity (Wildman–Crippen MR) is 113 cm³/mol. The quantitative estimate of drug-likeness (QED) is 0.559. The zero-order valence-electron chi connectivity index (χ0n) is 17.1. The van der Waals surface area contributed by atoms with E-state index in [9.17, 15) is 18.0 Å². The zero-order chi connectivity index (χ0) is 22.6. The molecule has 2 N–H and O–H groups in total. The van der Waals surface area contributed by atoms with Crippen molar-refractivity contribution in [3.8, 4) is 5.69 Å². The Bertz CT molecular complexity index is 1190. The molecule has 0 bridgehead atoms. The SMILES string of the molecule is CC(=O)Nc1ccc(S(=O)(=O)N(C)CC(=O)Nc2cc(-n3cnnn3)ccc2C)cc1. The summed E-state index contributed by atoms with van der Waals surface area (Å²) in [6, 6.07) is 11.0. The van der Waals surface area contributed by atoms with Crippen molar-refractivity contribution in [2.45, 2.75) is 18.7 Å². The molecule has 2 aromatic carbocycles. The maximum atomic E-state index is 12.8. The average Bonchev–Trinajstić information content (AvgIpc) is 3.24. The van der Waals surface area contributed by atoms with Gasteiger partial charge in [0, 0.05) is 25.3 Å². The molecule has 31 heavy (non-hydrogen) atoms. The van der Waals surface area contributed by atoms with Gasteiger partial charge in [-0.05, 0) is 59.3 Å². The number of carbonyl (C=O) groups is 2. The summed E-state index contributed by atoms with van der Waals surface area (Å²) < 4.78 is 27.9. The largest absolute Gasteiger partial charge is 0.326 e. The first kappa shape index (κ1) is 22.1. The molecule has 0 saturated carbocycles. The summed E-state index contributed by atoms with van der Waals surface area (Å²) in [5.41, 5.74) is 2.43. The fourth-order valence-corrected chi connectivity index (χ4v) is 3.86. The van der Waals surface area contributed by atoms with Crippen LogP contribution in [-0.4, -0.2) is 58.3 Å². The zero-order valence-corrected chi connectivity index (χ0v) is 17.9. The molecule has 12 heteroatoms. The Kier molecular flexibility index (Phi) is 6.42. The number of aromatic nitrogens is 4. The van der Waals surface area contributed by atoms with Crippen LogP contribution in [0.4, 0.5) is 11.4 Å². The van der Waals surface area contributed by atoms with E-state index < -0.39 is 15.9 Å². The number of benzene rings is 2. The van der Waals surface area contributed by atoms with Crippen LogP contribution < -0.4 is 10.6 Å². The summed E-state index contributed by atoms with van der Waals surface area (Å²) in [5, 5.41) is 16.2. The molecule has 0 unspecified atom stereocenters. The molecule has 0 radical (unpaired) electrons. The molecule has 0 aliphatic carbocycles. The van der Waals surface area contributed by atoms with E-state index in [1.165, 1.54) is 49.2 Å². The highest BCUT2D eigenvalue weighted by molar-refractivity contribution is 7.89. The minimum absolute atomic E-state index is 0.00811. The van der Waals surface area contributed by atoms with Gasteiger partial charge in [-0.1, -0.05) is 6.07 Å². The van der Waals surface area contributed by atoms with E-state index in [0.717, 1.165) is 9.87 Å². The monoisotopic (exact) mass is 443 g/mol. The average molecular weight is 443 g/mol. The second-order valence-electron chi connectivity index (χ2n) is 6.77. The summed E-state index contributed by atoms with van der Waals surface area (Å²) in [4.78, 5) is 23.6. The second-order valence-corrected chi connectivity index (χ2v) is 8.81. The number of anilines is 2. The van der Waals surface area contributed by atoms with E-state index >= 15 is 0 Å². The van der Waals surface area contributed by atoms with Crippen LogP contribution >= 0.6 is 0 Å². The normalized spacial score (nSPS) is 11.4. The topological polar surface area (TPSA) is 139 Å². The van der Waals surface area contributed by atoms with Crippen molar-refractivity contribution in [3.63, 3.8) is 0 Å². The lowest BCUT2D eigenvalue weighted by atomic mass is 10.2. The van der Waals surface area contributed by atoms with Gasteiger partial charge in [0.05, 0.1) is 17.1 Å². The number of hydrogen-bond donors (Lipinski definition) is 2. The number of aryl methyl sites for hydroxylation is 1. The van der Waals surface area contributed by atoms with E-state index in [1.54, 1.807) is 18.2 Å². The second kappa shape index (κ2) is 9.02. The molecule has 11 nitrogen and oxygen atoms in total. The highest BCUT2D eigenvalue weighted by atomic mass is 32.2. The molecule has 162 valence electrons. The molecule has 2 amide bonds. The number of hydrogen-bond acceptors (Lipinski definition) is 7. The van der Waals surface area contributed by atoms with Crippen LogP contribution in [0.2, 0.25) is 0 Å². The molecule has 0 fully saturated rings. The van der Waals surface area contributed by atoms with Crippen LogP contribution in [-0.2, 0) is 19.6 Å². The van der Waals surface area contributed by atoms with Gasteiger partial charge < -0.3 is 10.6 Å². The molecule has 0 aliphatic rings. The van der Waals surface area contributed by atoms with Crippen LogP contribution in [0.3, 0.4) is 0 Å². The van der Waals surface area contributed by atoms with Crippen molar-refractivity contribution in [1.82, 2.24) is 24.5 Å². The van der Waals surface area contributed by atoms with Crippen molar-refractivity contribution >= 4 is 33.2 Å². The minimum atomic E-state index is -3.90. The summed E-state index contributed by atoms with van der Waals surface area (Å²) in [5.74, 6) is -0.762. The molecular formula is C19H21N7O4S. The Labute approximate surface area is 179 Å². The van der Waals surface area contributed by atoms with Gasteiger partial charge in [-0.2, -0.15) is 4.31 Å². The molecule has 3 rings (SSSR count). The van der Waals surface area contributed by atoms with Gasteiger partial charge in [0.15, 0.2) is 0 Å². The van der Waals surface area contributed by atoms with Crippen molar-refractivity contribution in [3.05, 3.63) is 54.4 Å². The molecule has 0 atom stereocenters. The van der Waals surface area contributed by atoms with Gasteiger partial charge >= 0.3 is 0 Å². The standard InChI is InChI=1S/C19H21N7O4S/c1-13-4-7-16(26-12-20-23-24-26)10-18(13)22-19(28)11-25(3)31(29,30)17-8-5-15(6-9-17)21-14(2)27/h4-10,12H,11H2,1-3H3,(H,21,27)(H,22,28). The van der Waals surface area contributed by atoms with Gasteiger partial charge in [-0.25, -0.2) is 13.1 Å². The fourth-order valence-electron chi connectivity index (χ4n) is 2.74. The molecule has 0 saturated heterocycles. The molecule has 1 aromatic heterocycles. The fraction of sp³-hybridized carbons (Fsp3) is 0.211. The first-order valence-corrected chi connectivity index (χ1v) is 10.6. The van der Waals surface area contributed by atoms with Crippen molar-refractivity contribution in [1.29, 1.82) is 0 Å². The van der Waals surface area contributed by atoms with Crippen molar-refractivity contribution < 1.29 is 18.0 Å². The van der Waals surface area contributed by atoms with E-state index in [0.29, 0.717) is 17.1 Å². The number of carbonyl (C=O) groups excluding carboxylic acids is 2. The smallest absolute Gasteiger partial charge is 0.243 e. The van der Waals surface area contributed by atoms with Gasteiger partial charge in [0.25, 0.3) is 0 Å². The summed E-state index contributed by atoms with van der Waals surface area (Å²) in [6.45, 7) is 2.79. The molecule has 0 aliphatic heterocycles. The van der Waals surface area contributed by atoms with Gasteiger partial charge in [0.2, 0.25) is 21.8 Å². The Morgan fingerprint density at radius 3 is 2.42 bits per heavy atom. The number of amides is 2. The van der Waals surface area contributed by atoms with Crippen LogP contribution in [0.25, 0.3) is 5.69 Å². The lowest BCUT2D eigenvalue weighted by Crippen LogP contribution is -2.35. The molecule has 1 heterocycles. The first-order chi connectivity index (χ1) is 14.7.